The third-order valence-corrected chi connectivity index (χ3v) is 8.97. The van der Waals surface area contributed by atoms with E-state index in [4.69, 9.17) is 17.0 Å². The molecular formula is C25H33N3O2S. The number of carbonyl (C=O) groups is 1. The topological polar surface area (TPSA) is 44.8 Å². The van der Waals surface area contributed by atoms with Crippen LogP contribution in [-0.4, -0.2) is 52.2 Å². The van der Waals surface area contributed by atoms with Gasteiger partial charge in [0.25, 0.3) is 0 Å². The number of rotatable bonds is 3. The van der Waals surface area contributed by atoms with Crippen LogP contribution in [0.15, 0.2) is 30.3 Å². The summed E-state index contributed by atoms with van der Waals surface area (Å²) >= 11 is 5.90. The Labute approximate surface area is 190 Å². The van der Waals surface area contributed by atoms with Gasteiger partial charge in [0.15, 0.2) is 5.11 Å². The molecule has 2 aliphatic heterocycles. The van der Waals surface area contributed by atoms with E-state index in [1.54, 1.807) is 0 Å². The molecule has 166 valence electrons. The average molecular weight is 440 g/mol. The van der Waals surface area contributed by atoms with Gasteiger partial charge in [0.1, 0.15) is 6.10 Å². The highest BCUT2D eigenvalue weighted by atomic mass is 32.1. The normalized spacial score (nSPS) is 37.2. The fourth-order valence-electron chi connectivity index (χ4n) is 7.57. The molecular weight excluding hydrogens is 406 g/mol. The van der Waals surface area contributed by atoms with Crippen molar-refractivity contribution in [1.82, 2.24) is 15.1 Å². The maximum Gasteiger partial charge on any atom is 0.410 e. The second kappa shape index (κ2) is 7.65. The first kappa shape index (κ1) is 19.8. The summed E-state index contributed by atoms with van der Waals surface area (Å²) in [5, 5.41) is 4.82. The Morgan fingerprint density at radius 3 is 2.23 bits per heavy atom. The molecule has 1 unspecified atom stereocenters. The van der Waals surface area contributed by atoms with Crippen LogP contribution in [0.25, 0.3) is 0 Å². The number of ether oxygens (including phenoxy) is 1. The van der Waals surface area contributed by atoms with Crippen molar-refractivity contribution >= 4 is 23.4 Å². The lowest BCUT2D eigenvalue weighted by Gasteiger charge is -2.57. The molecule has 0 aromatic heterocycles. The van der Waals surface area contributed by atoms with Crippen molar-refractivity contribution in [3.8, 4) is 0 Å². The van der Waals surface area contributed by atoms with E-state index >= 15 is 0 Å². The Morgan fingerprint density at radius 2 is 1.61 bits per heavy atom. The summed E-state index contributed by atoms with van der Waals surface area (Å²) in [7, 11) is 0. The number of thiocarbonyl (C=S) groups is 1. The van der Waals surface area contributed by atoms with Gasteiger partial charge in [-0.05, 0) is 86.9 Å². The first-order valence-corrected chi connectivity index (χ1v) is 12.6. The van der Waals surface area contributed by atoms with Gasteiger partial charge in [0.2, 0.25) is 0 Å². The number of likely N-dealkylation sites (tertiary alicyclic amines) is 1. The van der Waals surface area contributed by atoms with Gasteiger partial charge in [0.05, 0.1) is 6.54 Å². The van der Waals surface area contributed by atoms with E-state index in [1.807, 2.05) is 35.2 Å². The van der Waals surface area contributed by atoms with Gasteiger partial charge in [0, 0.05) is 24.7 Å². The van der Waals surface area contributed by atoms with E-state index in [0.717, 1.165) is 54.4 Å². The molecule has 6 aliphatic rings. The van der Waals surface area contributed by atoms with E-state index in [1.165, 1.54) is 38.5 Å². The lowest BCUT2D eigenvalue weighted by atomic mass is 9.53. The van der Waals surface area contributed by atoms with Crippen LogP contribution >= 0.6 is 12.2 Å². The molecule has 5 nitrogen and oxygen atoms in total. The molecule has 1 amide bonds. The van der Waals surface area contributed by atoms with Crippen LogP contribution in [0.1, 0.15) is 63.0 Å². The van der Waals surface area contributed by atoms with Crippen LogP contribution in [-0.2, 0) is 4.74 Å². The fraction of sp³-hybridized carbons (Fsp3) is 0.680. The second-order valence-corrected chi connectivity index (χ2v) is 11.2. The van der Waals surface area contributed by atoms with Crippen LogP contribution < -0.4 is 5.32 Å². The minimum atomic E-state index is -0.165. The Morgan fingerprint density at radius 1 is 1.00 bits per heavy atom. The number of nitrogens with one attached hydrogen (secondary N) is 1. The molecule has 1 aromatic carbocycles. The third-order valence-electron chi connectivity index (χ3n) is 8.61. The highest BCUT2D eigenvalue weighted by Crippen LogP contribution is 2.55. The van der Waals surface area contributed by atoms with E-state index in [9.17, 15) is 4.79 Å². The van der Waals surface area contributed by atoms with Crippen molar-refractivity contribution < 1.29 is 9.53 Å². The largest absolute Gasteiger partial charge is 0.439 e. The monoisotopic (exact) mass is 439 g/mol. The summed E-state index contributed by atoms with van der Waals surface area (Å²) in [4.78, 5) is 16.8. The van der Waals surface area contributed by atoms with Gasteiger partial charge in [-0.2, -0.15) is 0 Å². The molecule has 0 spiro atoms. The maximum atomic E-state index is 12.5. The Hall–Kier alpha value is -1.82. The molecule has 2 heterocycles. The zero-order valence-electron chi connectivity index (χ0n) is 18.2. The van der Waals surface area contributed by atoms with Crippen molar-refractivity contribution in [1.29, 1.82) is 0 Å². The molecule has 4 bridgehead atoms. The number of cyclic esters (lactones) is 1. The minimum Gasteiger partial charge on any atom is -0.439 e. The molecule has 31 heavy (non-hydrogen) atoms. The summed E-state index contributed by atoms with van der Waals surface area (Å²) in [5.41, 5.74) is 1.35. The summed E-state index contributed by atoms with van der Waals surface area (Å²) in [6.45, 7) is 2.49. The highest BCUT2D eigenvalue weighted by Gasteiger charge is 2.51. The summed E-state index contributed by atoms with van der Waals surface area (Å²) < 4.78 is 5.68. The molecule has 6 heteroatoms. The predicted octanol–water partition coefficient (Wildman–Crippen LogP) is 4.49. The van der Waals surface area contributed by atoms with Crippen molar-refractivity contribution in [2.75, 3.05) is 19.6 Å². The molecule has 4 saturated carbocycles. The molecule has 1 N–H and O–H groups in total. The Bertz CT molecular complexity index is 816. The molecule has 0 radical (unpaired) electrons. The van der Waals surface area contributed by atoms with E-state index < -0.39 is 0 Å². The first-order chi connectivity index (χ1) is 15.1. The molecule has 1 atom stereocenters. The quantitative estimate of drug-likeness (QED) is 0.703. The number of carbonyl (C=O) groups excluding carboxylic acids is 1. The van der Waals surface area contributed by atoms with Crippen LogP contribution in [0.4, 0.5) is 4.79 Å². The van der Waals surface area contributed by atoms with Gasteiger partial charge in [-0.15, -0.1) is 0 Å². The van der Waals surface area contributed by atoms with Gasteiger partial charge in [-0.25, -0.2) is 4.79 Å². The second-order valence-electron chi connectivity index (χ2n) is 10.8. The number of benzene rings is 1. The molecule has 6 fully saturated rings. The van der Waals surface area contributed by atoms with Gasteiger partial charge in [-0.3, -0.25) is 0 Å². The van der Waals surface area contributed by atoms with Crippen LogP contribution in [0.3, 0.4) is 0 Å². The zero-order chi connectivity index (χ0) is 21.0. The van der Waals surface area contributed by atoms with Crippen LogP contribution in [0, 0.1) is 17.8 Å². The van der Waals surface area contributed by atoms with Gasteiger partial charge >= 0.3 is 6.09 Å². The molecule has 2 saturated heterocycles. The summed E-state index contributed by atoms with van der Waals surface area (Å²) in [5.74, 6) is 2.77. The van der Waals surface area contributed by atoms with E-state index in [2.05, 4.69) is 10.2 Å². The maximum absolute atomic E-state index is 12.5. The number of nitrogens with zero attached hydrogens (tertiary/aromatic N) is 2. The fourth-order valence-corrected chi connectivity index (χ4v) is 7.97. The minimum absolute atomic E-state index is 0.148. The number of amides is 1. The smallest absolute Gasteiger partial charge is 0.410 e. The van der Waals surface area contributed by atoms with Gasteiger partial charge < -0.3 is 19.9 Å². The average Bonchev–Trinajstić information content (AvgIpc) is 3.15. The SMILES string of the molecule is O=C1OC(c2ccccc2)CN1C1CCN(C(=S)NC23CC4CC(CC(C4)C2)C3)CC1. The van der Waals surface area contributed by atoms with Gasteiger partial charge in [-0.1, -0.05) is 30.3 Å². The van der Waals surface area contributed by atoms with Crippen LogP contribution in [0.2, 0.25) is 0 Å². The Balaban J connectivity index is 1.04. The standard InChI is InChI=1S/C25H33N3O2S/c29-24-28(16-22(30-24)20-4-2-1-3-5-20)21-6-8-27(9-7-21)23(31)26-25-13-17-10-18(14-25)12-19(11-17)15-25/h1-5,17-19,21-22H,6-16H2,(H,26,31). The van der Waals surface area contributed by atoms with Crippen molar-refractivity contribution in [3.05, 3.63) is 35.9 Å². The summed E-state index contributed by atoms with van der Waals surface area (Å²) in [6, 6.07) is 10.3. The molecule has 1 aromatic rings. The van der Waals surface area contributed by atoms with Crippen molar-refractivity contribution in [2.24, 2.45) is 17.8 Å². The zero-order valence-corrected chi connectivity index (χ0v) is 19.0. The highest BCUT2D eigenvalue weighted by molar-refractivity contribution is 7.80. The van der Waals surface area contributed by atoms with Crippen molar-refractivity contribution in [2.45, 2.75) is 69.1 Å². The summed E-state index contributed by atoms with van der Waals surface area (Å²) in [6.07, 6.45) is 9.91. The number of hydrogen-bond acceptors (Lipinski definition) is 3. The third kappa shape index (κ3) is 3.71. The number of piperidine rings is 1. The van der Waals surface area contributed by atoms with E-state index in [0.29, 0.717) is 6.54 Å². The first-order valence-electron chi connectivity index (χ1n) is 12.2. The predicted molar refractivity (Wildman–Crippen MR) is 124 cm³/mol. The van der Waals surface area contributed by atoms with E-state index in [-0.39, 0.29) is 23.8 Å². The Kier molecular flexibility index (Phi) is 4.89. The van der Waals surface area contributed by atoms with Crippen molar-refractivity contribution in [3.63, 3.8) is 0 Å². The number of hydrogen-bond donors (Lipinski definition) is 1. The van der Waals surface area contributed by atoms with Crippen LogP contribution in [0.5, 0.6) is 0 Å². The molecule has 7 rings (SSSR count). The lowest BCUT2D eigenvalue weighted by molar-refractivity contribution is -0.0114. The molecule has 4 aliphatic carbocycles. The lowest BCUT2D eigenvalue weighted by Crippen LogP contribution is -2.62.